The molecule has 1 aromatic carbocycles. The molecule has 2 N–H and O–H groups in total. The van der Waals surface area contributed by atoms with Crippen LogP contribution in [-0.2, 0) is 9.59 Å². The third kappa shape index (κ3) is 6.47. The van der Waals surface area contributed by atoms with Crippen LogP contribution in [0.2, 0.25) is 4.18 Å². The number of anilines is 1. The number of hydrogen-bond donors (Lipinski definition) is 2. The summed E-state index contributed by atoms with van der Waals surface area (Å²) in [6.45, 7) is 0.300. The van der Waals surface area contributed by atoms with E-state index < -0.39 is 27.4 Å². The van der Waals surface area contributed by atoms with E-state index in [2.05, 4.69) is 9.15 Å². The van der Waals surface area contributed by atoms with Crippen molar-refractivity contribution >= 4 is 51.0 Å². The van der Waals surface area contributed by atoms with Gasteiger partial charge in [-0.25, -0.2) is 0 Å². The van der Waals surface area contributed by atoms with Crippen molar-refractivity contribution in [3.8, 4) is 11.5 Å². The number of aldehydes is 1. The Labute approximate surface area is 159 Å². The number of carboxylic acids is 1. The van der Waals surface area contributed by atoms with Gasteiger partial charge in [-0.2, -0.15) is 0 Å². The predicted molar refractivity (Wildman–Crippen MR) is 98.2 cm³/mol. The van der Waals surface area contributed by atoms with E-state index in [9.17, 15) is 9.59 Å². The molecule has 6 nitrogen and oxygen atoms in total. The van der Waals surface area contributed by atoms with Gasteiger partial charge in [0.2, 0.25) is 0 Å². The minimum absolute atomic E-state index is 0.0449. The number of carbonyl (C=O) groups excluding carboxylic acids is 1. The summed E-state index contributed by atoms with van der Waals surface area (Å²) in [5, 5.41) is 12.0. The number of nitrogens with one attached hydrogen (secondary N) is 1. The van der Waals surface area contributed by atoms with Crippen LogP contribution in [0.1, 0.15) is 12.8 Å². The van der Waals surface area contributed by atoms with Crippen molar-refractivity contribution in [1.29, 1.82) is 0 Å². The third-order valence-corrected chi connectivity index (χ3v) is 13.7. The van der Waals surface area contributed by atoms with Gasteiger partial charge in [-0.1, -0.05) is 0 Å². The fourth-order valence-corrected chi connectivity index (χ4v) is 11.7. The van der Waals surface area contributed by atoms with Crippen LogP contribution < -0.4 is 14.8 Å². The van der Waals surface area contributed by atoms with E-state index in [0.29, 0.717) is 24.5 Å². The Balaban J connectivity index is 2.03. The molecule has 0 saturated carbocycles. The molecule has 8 heteroatoms. The van der Waals surface area contributed by atoms with Crippen LogP contribution in [0.15, 0.2) is 28.1 Å². The first-order valence-corrected chi connectivity index (χ1v) is 14.7. The first-order chi connectivity index (χ1) is 12.0. The average molecular weight is 470 g/mol. The average Bonchev–Trinajstić information content (AvgIpc) is 3.02. The summed E-state index contributed by atoms with van der Waals surface area (Å²) in [4.78, 5) is 22.1. The number of rotatable bonds is 10. The van der Waals surface area contributed by atoms with Gasteiger partial charge in [-0.3, -0.25) is 0 Å². The Bertz CT molecular complexity index is 639. The van der Waals surface area contributed by atoms with Gasteiger partial charge in [0, 0.05) is 0 Å². The van der Waals surface area contributed by atoms with E-state index in [-0.39, 0.29) is 15.6 Å². The quantitative estimate of drug-likeness (QED) is 0.311. The van der Waals surface area contributed by atoms with E-state index in [1.165, 1.54) is 0 Å². The number of hydrogen-bond acceptors (Lipinski definition) is 5. The van der Waals surface area contributed by atoms with Gasteiger partial charge >= 0.3 is 160 Å². The standard InChI is InChI=1S/C13H16NO5.C4H5Cl.In/c1-18-11-7-10(14-4-5-15)8-12(9-11)19-6-2-3-13(16)17;1-3-4(2)5;/h4-5,7-9,14H,2-3,6H2,1H3,(H,16,17);1,3-4H,2H2;. The molecule has 0 radical (unpaired) electrons. The molecule has 25 heavy (non-hydrogen) atoms. The van der Waals surface area contributed by atoms with Gasteiger partial charge in [-0.05, 0) is 0 Å². The van der Waals surface area contributed by atoms with Gasteiger partial charge in [0.15, 0.2) is 0 Å². The van der Waals surface area contributed by atoms with Crippen LogP contribution in [0.5, 0.6) is 11.5 Å². The Morgan fingerprint density at radius 3 is 2.84 bits per heavy atom. The maximum atomic E-state index is 11.5. The molecule has 0 bridgehead atoms. The van der Waals surface area contributed by atoms with Crippen LogP contribution in [0.25, 0.3) is 0 Å². The molecule has 0 spiro atoms. The number of halogens is 1. The summed E-state index contributed by atoms with van der Waals surface area (Å²) in [6, 6.07) is 5.33. The van der Waals surface area contributed by atoms with Crippen LogP contribution in [0.3, 0.4) is 0 Å². The van der Waals surface area contributed by atoms with Gasteiger partial charge in [0.25, 0.3) is 0 Å². The van der Waals surface area contributed by atoms with Gasteiger partial charge in [0.1, 0.15) is 0 Å². The molecule has 0 amide bonds. The molecule has 0 aromatic heterocycles. The topological polar surface area (TPSA) is 84.9 Å². The van der Waals surface area contributed by atoms with Gasteiger partial charge in [-0.15, -0.1) is 0 Å². The van der Waals surface area contributed by atoms with E-state index >= 15 is 0 Å². The Hall–Kier alpha value is -1.34. The molecule has 2 rings (SSSR count). The van der Waals surface area contributed by atoms with Crippen LogP contribution in [-0.4, -0.2) is 61.7 Å². The number of alkyl halides is 1. The monoisotopic (exact) mass is 469 g/mol. The van der Waals surface area contributed by atoms with Crippen molar-refractivity contribution in [1.82, 2.24) is 0 Å². The van der Waals surface area contributed by atoms with E-state index in [0.717, 1.165) is 16.2 Å². The van der Waals surface area contributed by atoms with Gasteiger partial charge < -0.3 is 0 Å². The second-order valence-electron chi connectivity index (χ2n) is 5.85. The van der Waals surface area contributed by atoms with E-state index in [1.807, 2.05) is 12.1 Å². The zero-order valence-electron chi connectivity index (χ0n) is 14.0. The normalized spacial score (nSPS) is 17.2. The van der Waals surface area contributed by atoms with Crippen molar-refractivity contribution in [2.45, 2.75) is 26.2 Å². The van der Waals surface area contributed by atoms with Crippen LogP contribution in [0.4, 0.5) is 5.69 Å². The summed E-state index contributed by atoms with van der Waals surface area (Å²) in [5.41, 5.74) is 0.743. The fraction of sp³-hybridized carbons (Fsp3) is 0.412. The molecule has 0 aliphatic carbocycles. The van der Waals surface area contributed by atoms with Crippen LogP contribution >= 0.6 is 11.6 Å². The predicted octanol–water partition coefficient (Wildman–Crippen LogP) is 2.67. The molecule has 0 fully saturated rings. The van der Waals surface area contributed by atoms with Crippen molar-refractivity contribution in [3.63, 3.8) is 0 Å². The summed E-state index contributed by atoms with van der Waals surface area (Å²) in [7, 11) is 1.56. The molecular weight excluding hydrogens is 448 g/mol. The zero-order valence-corrected chi connectivity index (χ0v) is 18.0. The second kappa shape index (κ2) is 9.97. The number of benzene rings is 1. The van der Waals surface area contributed by atoms with E-state index in [4.69, 9.17) is 26.2 Å². The fourth-order valence-electron chi connectivity index (χ4n) is 2.65. The first-order valence-electron chi connectivity index (χ1n) is 8.09. The van der Waals surface area contributed by atoms with E-state index in [1.54, 1.807) is 19.2 Å². The van der Waals surface area contributed by atoms with Crippen molar-refractivity contribution in [3.05, 3.63) is 28.1 Å². The first kappa shape index (κ1) is 20.0. The number of carbonyl (C=O) groups is 2. The third-order valence-electron chi connectivity index (χ3n) is 3.93. The van der Waals surface area contributed by atoms with Gasteiger partial charge in [0.05, 0.1) is 0 Å². The summed E-state index contributed by atoms with van der Waals surface area (Å²) in [5.74, 6) is 0.333. The molecule has 134 valence electrons. The SMILES string of the molecule is COc1cc(N[CH](C=O)[In]2[CH]=CC(Cl)[CH2]2)cc(OCCCC(=O)O)c1. The van der Waals surface area contributed by atoms with Crippen molar-refractivity contribution in [2.75, 3.05) is 19.0 Å². The van der Waals surface area contributed by atoms with Crippen molar-refractivity contribution in [2.24, 2.45) is 0 Å². The zero-order chi connectivity index (χ0) is 18.2. The molecule has 0 saturated heterocycles. The molecule has 1 aliphatic heterocycles. The number of allylic oxidation sites excluding steroid dienone is 1. The summed E-state index contributed by atoms with van der Waals surface area (Å²) < 4.78 is 13.8. The number of ether oxygens (including phenoxy) is 2. The van der Waals surface area contributed by atoms with Crippen molar-refractivity contribution < 1.29 is 24.2 Å². The number of methoxy groups -OCH3 is 1. The van der Waals surface area contributed by atoms with Crippen LogP contribution in [0, 0.1) is 0 Å². The molecule has 2 atom stereocenters. The Kier molecular flexibility index (Phi) is 7.96. The molecular formula is C17H21ClInNO5. The second-order valence-corrected chi connectivity index (χ2v) is 14.7. The Morgan fingerprint density at radius 1 is 1.48 bits per heavy atom. The number of carboxylic acid groups (broad SMARTS) is 1. The maximum absolute atomic E-state index is 11.5. The Morgan fingerprint density at radius 2 is 2.24 bits per heavy atom. The summed E-state index contributed by atoms with van der Waals surface area (Å²) in [6.07, 6.45) is 3.44. The minimum atomic E-state index is -2.20. The molecule has 1 aliphatic rings. The molecule has 2 unspecified atom stereocenters. The molecule has 1 heterocycles. The summed E-state index contributed by atoms with van der Waals surface area (Å²) >= 11 is 3.92. The number of aliphatic carboxylic acids is 1. The molecule has 1 aromatic rings.